The van der Waals surface area contributed by atoms with E-state index in [0.717, 1.165) is 25.9 Å². The van der Waals surface area contributed by atoms with Crippen LogP contribution in [0.2, 0.25) is 0 Å². The van der Waals surface area contributed by atoms with E-state index in [1.54, 1.807) is 19.9 Å². The molecule has 0 aliphatic carbocycles. The number of ether oxygens (including phenoxy) is 1. The van der Waals surface area contributed by atoms with Crippen molar-refractivity contribution in [2.75, 3.05) is 24.6 Å². The Kier molecular flexibility index (Phi) is 4.90. The zero-order chi connectivity index (χ0) is 20.8. The summed E-state index contributed by atoms with van der Waals surface area (Å²) in [6, 6.07) is 1.72. The Morgan fingerprint density at radius 2 is 2.03 bits per heavy atom. The van der Waals surface area contributed by atoms with Gasteiger partial charge in [0.05, 0.1) is 23.3 Å². The van der Waals surface area contributed by atoms with Crippen molar-refractivity contribution in [3.05, 3.63) is 29.0 Å². The van der Waals surface area contributed by atoms with E-state index in [-0.39, 0.29) is 12.5 Å². The molecule has 2 saturated heterocycles. The molecule has 1 spiro atoms. The molecular formula is C20H28N4O5. The lowest BCUT2D eigenvalue weighted by molar-refractivity contribution is -0.167. The van der Waals surface area contributed by atoms with Crippen LogP contribution in [-0.4, -0.2) is 58.1 Å². The number of aliphatic hydroxyl groups is 1. The summed E-state index contributed by atoms with van der Waals surface area (Å²) in [5.41, 5.74) is -0.700. The van der Waals surface area contributed by atoms with E-state index in [1.165, 1.54) is 0 Å². The highest BCUT2D eigenvalue weighted by molar-refractivity contribution is 5.95. The lowest BCUT2D eigenvalue weighted by atomic mass is 9.74. The van der Waals surface area contributed by atoms with Crippen molar-refractivity contribution >= 4 is 11.9 Å². The second-order valence-electron chi connectivity index (χ2n) is 8.49. The molecule has 2 aliphatic heterocycles. The van der Waals surface area contributed by atoms with Crippen molar-refractivity contribution in [1.82, 2.24) is 15.5 Å². The van der Waals surface area contributed by atoms with Crippen LogP contribution >= 0.6 is 0 Å². The first-order valence-corrected chi connectivity index (χ1v) is 9.97. The third kappa shape index (κ3) is 3.76. The van der Waals surface area contributed by atoms with Gasteiger partial charge in [-0.05, 0) is 44.8 Å². The number of hydrogen-bond donors (Lipinski definition) is 2. The number of hydrogen-bond acceptors (Lipinski definition) is 8. The molecule has 158 valence electrons. The number of carbonyl (C=O) groups excluding carboxylic acids is 1. The van der Waals surface area contributed by atoms with Crippen LogP contribution in [0.4, 0.5) is 5.95 Å². The molecule has 0 saturated carbocycles. The SMILES string of the molecule is Cc1cc(C(=O)N[C@]2(C)CC3(CCN(c4noc(C)n4)CC3)OC[C@H]2O)c(C)o1. The molecule has 2 aromatic rings. The lowest BCUT2D eigenvalue weighted by Crippen LogP contribution is -2.65. The van der Waals surface area contributed by atoms with Crippen LogP contribution in [0.3, 0.4) is 0 Å². The van der Waals surface area contributed by atoms with Crippen LogP contribution in [0.25, 0.3) is 0 Å². The molecule has 0 radical (unpaired) electrons. The summed E-state index contributed by atoms with van der Waals surface area (Å²) in [7, 11) is 0. The molecule has 2 N–H and O–H groups in total. The number of piperidine rings is 1. The number of anilines is 1. The summed E-state index contributed by atoms with van der Waals surface area (Å²) in [5, 5.41) is 17.7. The van der Waals surface area contributed by atoms with Crippen LogP contribution in [0.15, 0.2) is 15.0 Å². The lowest BCUT2D eigenvalue weighted by Gasteiger charge is -2.51. The smallest absolute Gasteiger partial charge is 0.266 e. The molecule has 9 heteroatoms. The Bertz CT molecular complexity index is 899. The third-order valence-electron chi connectivity index (χ3n) is 6.13. The molecule has 0 unspecified atom stereocenters. The molecule has 9 nitrogen and oxygen atoms in total. The third-order valence-corrected chi connectivity index (χ3v) is 6.13. The van der Waals surface area contributed by atoms with Crippen molar-refractivity contribution in [1.29, 1.82) is 0 Å². The fraction of sp³-hybridized carbons (Fsp3) is 0.650. The van der Waals surface area contributed by atoms with Crippen molar-refractivity contribution in [3.63, 3.8) is 0 Å². The molecule has 0 aromatic carbocycles. The second kappa shape index (κ2) is 7.14. The minimum atomic E-state index is -0.794. The van der Waals surface area contributed by atoms with E-state index in [2.05, 4.69) is 20.4 Å². The summed E-state index contributed by atoms with van der Waals surface area (Å²) < 4.78 is 16.7. The summed E-state index contributed by atoms with van der Waals surface area (Å²) >= 11 is 0. The molecule has 2 aliphatic rings. The number of carbonyl (C=O) groups is 1. The van der Waals surface area contributed by atoms with Gasteiger partial charge in [-0.25, -0.2) is 0 Å². The quantitative estimate of drug-likeness (QED) is 0.797. The first-order chi connectivity index (χ1) is 13.7. The predicted molar refractivity (Wildman–Crippen MR) is 104 cm³/mol. The fourth-order valence-corrected chi connectivity index (χ4v) is 4.44. The Labute approximate surface area is 169 Å². The molecule has 0 bridgehead atoms. The van der Waals surface area contributed by atoms with E-state index in [1.807, 2.05) is 13.8 Å². The topological polar surface area (TPSA) is 114 Å². The molecule has 4 rings (SSSR count). The van der Waals surface area contributed by atoms with Crippen molar-refractivity contribution < 1.29 is 23.6 Å². The molecular weight excluding hydrogens is 376 g/mol. The van der Waals surface area contributed by atoms with E-state index >= 15 is 0 Å². The monoisotopic (exact) mass is 404 g/mol. The van der Waals surface area contributed by atoms with Crippen molar-refractivity contribution in [2.24, 2.45) is 0 Å². The average molecular weight is 404 g/mol. The zero-order valence-corrected chi connectivity index (χ0v) is 17.3. The minimum absolute atomic E-state index is 0.182. The van der Waals surface area contributed by atoms with Crippen LogP contribution in [0, 0.1) is 20.8 Å². The highest BCUT2D eigenvalue weighted by Crippen LogP contribution is 2.40. The standard InChI is InChI=1S/C20H28N4O5/c1-12-9-15(13(2)28-12)17(26)22-19(4)11-20(27-10-16(19)25)5-7-24(8-6-20)18-21-14(3)29-23-18/h9,16,25H,5-8,10-11H2,1-4H3,(H,22,26)/t16-,19-/m1/s1. The fourth-order valence-electron chi connectivity index (χ4n) is 4.44. The van der Waals surface area contributed by atoms with Gasteiger partial charge in [-0.3, -0.25) is 4.79 Å². The van der Waals surface area contributed by atoms with Gasteiger partial charge in [-0.2, -0.15) is 4.98 Å². The van der Waals surface area contributed by atoms with Crippen molar-refractivity contribution in [3.8, 4) is 0 Å². The Morgan fingerprint density at radius 3 is 2.62 bits per heavy atom. The molecule has 2 aromatic heterocycles. The summed E-state index contributed by atoms with van der Waals surface area (Å²) in [5.74, 6) is 2.15. The van der Waals surface area contributed by atoms with E-state index < -0.39 is 17.2 Å². The number of nitrogens with zero attached hydrogens (tertiary/aromatic N) is 3. The molecule has 2 atom stereocenters. The van der Waals surface area contributed by atoms with Gasteiger partial charge in [0, 0.05) is 26.4 Å². The van der Waals surface area contributed by atoms with Crippen LogP contribution in [0.5, 0.6) is 0 Å². The Morgan fingerprint density at radius 1 is 1.31 bits per heavy atom. The van der Waals surface area contributed by atoms with Crippen LogP contribution in [-0.2, 0) is 4.74 Å². The number of furan rings is 1. The first kappa shape index (κ1) is 19.9. The Balaban J connectivity index is 1.46. The van der Waals surface area contributed by atoms with Gasteiger partial charge in [-0.15, -0.1) is 0 Å². The highest BCUT2D eigenvalue weighted by atomic mass is 16.5. The van der Waals surface area contributed by atoms with Gasteiger partial charge in [0.1, 0.15) is 17.6 Å². The normalized spacial score (nSPS) is 26.7. The van der Waals surface area contributed by atoms with Gasteiger partial charge in [-0.1, -0.05) is 0 Å². The average Bonchev–Trinajstić information content (AvgIpc) is 3.24. The first-order valence-electron chi connectivity index (χ1n) is 9.97. The van der Waals surface area contributed by atoms with E-state index in [9.17, 15) is 9.90 Å². The maximum Gasteiger partial charge on any atom is 0.266 e. The molecule has 1 amide bonds. The minimum Gasteiger partial charge on any atom is -0.466 e. The van der Waals surface area contributed by atoms with E-state index in [4.69, 9.17) is 13.7 Å². The number of aryl methyl sites for hydroxylation is 3. The zero-order valence-electron chi connectivity index (χ0n) is 17.3. The van der Waals surface area contributed by atoms with Gasteiger partial charge in [0.25, 0.3) is 11.9 Å². The van der Waals surface area contributed by atoms with Gasteiger partial charge in [0.2, 0.25) is 5.89 Å². The second-order valence-corrected chi connectivity index (χ2v) is 8.49. The van der Waals surface area contributed by atoms with Gasteiger partial charge >= 0.3 is 0 Å². The van der Waals surface area contributed by atoms with Gasteiger partial charge in [0.15, 0.2) is 0 Å². The predicted octanol–water partition coefficient (Wildman–Crippen LogP) is 1.90. The summed E-state index contributed by atoms with van der Waals surface area (Å²) in [4.78, 5) is 19.2. The van der Waals surface area contributed by atoms with Crippen molar-refractivity contribution in [2.45, 2.75) is 64.2 Å². The number of aliphatic hydroxyl groups excluding tert-OH is 1. The number of aromatic nitrogens is 2. The van der Waals surface area contributed by atoms with Crippen LogP contribution in [0.1, 0.15) is 54.0 Å². The van der Waals surface area contributed by atoms with Gasteiger partial charge < -0.3 is 29.0 Å². The number of nitrogens with one attached hydrogen (secondary N) is 1. The molecule has 4 heterocycles. The summed E-state index contributed by atoms with van der Waals surface area (Å²) in [6.45, 7) is 8.85. The maximum atomic E-state index is 12.9. The summed E-state index contributed by atoms with van der Waals surface area (Å²) in [6.07, 6.45) is 1.25. The Hall–Kier alpha value is -2.39. The maximum absolute atomic E-state index is 12.9. The highest BCUT2D eigenvalue weighted by Gasteiger charge is 2.50. The molecule has 29 heavy (non-hydrogen) atoms. The van der Waals surface area contributed by atoms with E-state index in [0.29, 0.717) is 35.3 Å². The number of rotatable bonds is 3. The number of amides is 1. The van der Waals surface area contributed by atoms with Crippen LogP contribution < -0.4 is 10.2 Å². The largest absolute Gasteiger partial charge is 0.466 e. The molecule has 2 fully saturated rings.